The number of aliphatic carboxylic acids is 2. The third kappa shape index (κ3) is 8.98. The van der Waals surface area contributed by atoms with Crippen molar-refractivity contribution < 1.29 is 34.2 Å². The number of carboxylic acids is 2. The third-order valence-electron chi connectivity index (χ3n) is 5.50. The van der Waals surface area contributed by atoms with Gasteiger partial charge in [0.05, 0.1) is 12.5 Å². The Morgan fingerprint density at radius 1 is 1.00 bits per heavy atom. The Morgan fingerprint density at radius 2 is 1.62 bits per heavy atom. The summed E-state index contributed by atoms with van der Waals surface area (Å²) < 4.78 is 0. The van der Waals surface area contributed by atoms with Crippen molar-refractivity contribution in [3.05, 3.63) is 36.0 Å². The molecule has 0 aliphatic heterocycles. The minimum absolute atomic E-state index is 0.00636. The van der Waals surface area contributed by atoms with E-state index in [4.69, 9.17) is 5.73 Å². The van der Waals surface area contributed by atoms with Crippen LogP contribution in [-0.4, -0.2) is 86.8 Å². The number of hydrogen-bond acceptors (Lipinski definition) is 8. The number of fused-ring (bicyclic) bond motifs is 1. The first-order valence-electron chi connectivity index (χ1n) is 11.3. The van der Waals surface area contributed by atoms with Gasteiger partial charge in [-0.05, 0) is 30.1 Å². The summed E-state index contributed by atoms with van der Waals surface area (Å²) >= 11 is 5.31. The highest BCUT2D eigenvalue weighted by Gasteiger charge is 2.31. The van der Waals surface area contributed by atoms with E-state index >= 15 is 0 Å². The highest BCUT2D eigenvalue weighted by molar-refractivity contribution is 7.98. The molecule has 8 N–H and O–H groups in total. The summed E-state index contributed by atoms with van der Waals surface area (Å²) in [7, 11) is 0. The molecule has 3 amide bonds. The number of nitrogens with one attached hydrogen (secondary N) is 4. The monoisotopic (exact) mass is 553 g/mol. The normalized spacial score (nSPS) is 14.2. The molecular weight excluding hydrogens is 522 g/mol. The maximum atomic E-state index is 13.1. The Morgan fingerprint density at radius 3 is 2.24 bits per heavy atom. The molecule has 0 spiro atoms. The average molecular weight is 554 g/mol. The van der Waals surface area contributed by atoms with Gasteiger partial charge in [-0.2, -0.15) is 24.4 Å². The standard InChI is InChI=1S/C23H31N5O7S2/c1-37-7-6-16(26-22(33)17(9-19(29)30)27-20(31)14(24)11-36)21(32)28-18(23(34)35)8-12-10-25-15-5-3-2-4-13(12)15/h2-5,10,14,16-18,25,36H,6-9,11,24H2,1H3,(H,26,33)(H,27,31)(H,28,32)(H,29,30)(H,34,35). The number of amides is 3. The SMILES string of the molecule is CSCCC(NC(=O)C(CC(=O)O)NC(=O)C(N)CS)C(=O)NC(Cc1c[nH]c2ccccc12)C(=O)O. The number of para-hydroxylation sites is 1. The van der Waals surface area contributed by atoms with Crippen molar-refractivity contribution >= 4 is 65.0 Å². The number of H-pyrrole nitrogens is 1. The van der Waals surface area contributed by atoms with Crippen molar-refractivity contribution in [3.63, 3.8) is 0 Å². The Labute approximate surface area is 222 Å². The number of hydrogen-bond donors (Lipinski definition) is 8. The first-order chi connectivity index (χ1) is 17.6. The third-order valence-corrected chi connectivity index (χ3v) is 6.54. The molecule has 2 rings (SSSR count). The predicted octanol–water partition coefficient (Wildman–Crippen LogP) is -0.266. The number of aromatic amines is 1. The Bertz CT molecular complexity index is 1130. The van der Waals surface area contributed by atoms with Gasteiger partial charge in [-0.25, -0.2) is 4.79 Å². The molecule has 0 radical (unpaired) electrons. The zero-order valence-corrected chi connectivity index (χ0v) is 21.8. The number of thiol groups is 1. The summed E-state index contributed by atoms with van der Waals surface area (Å²) in [5, 5.41) is 26.9. The zero-order valence-electron chi connectivity index (χ0n) is 20.1. The molecule has 0 saturated heterocycles. The van der Waals surface area contributed by atoms with Crippen LogP contribution in [0.2, 0.25) is 0 Å². The van der Waals surface area contributed by atoms with E-state index in [0.29, 0.717) is 11.3 Å². The van der Waals surface area contributed by atoms with Gasteiger partial charge < -0.3 is 36.9 Å². The lowest BCUT2D eigenvalue weighted by Crippen LogP contribution is -2.58. The molecule has 0 aliphatic carbocycles. The lowest BCUT2D eigenvalue weighted by atomic mass is 10.0. The van der Waals surface area contributed by atoms with E-state index in [1.807, 2.05) is 24.3 Å². The molecule has 4 atom stereocenters. The van der Waals surface area contributed by atoms with Crippen molar-refractivity contribution in [1.82, 2.24) is 20.9 Å². The van der Waals surface area contributed by atoms with E-state index in [1.165, 1.54) is 11.8 Å². The molecular formula is C23H31N5O7S2. The summed E-state index contributed by atoms with van der Waals surface area (Å²) in [6.07, 6.45) is 2.86. The van der Waals surface area contributed by atoms with E-state index in [0.717, 1.165) is 10.9 Å². The van der Waals surface area contributed by atoms with Crippen LogP contribution in [0.1, 0.15) is 18.4 Å². The second-order valence-electron chi connectivity index (χ2n) is 8.25. The van der Waals surface area contributed by atoms with Crippen LogP contribution in [0, 0.1) is 0 Å². The van der Waals surface area contributed by atoms with E-state index < -0.39 is 60.2 Å². The fraction of sp³-hybridized carbons (Fsp3) is 0.435. The van der Waals surface area contributed by atoms with Crippen LogP contribution in [0.3, 0.4) is 0 Å². The van der Waals surface area contributed by atoms with Crippen LogP contribution in [-0.2, 0) is 30.4 Å². The molecule has 202 valence electrons. The molecule has 0 fully saturated rings. The largest absolute Gasteiger partial charge is 0.481 e. The van der Waals surface area contributed by atoms with Gasteiger partial charge in [-0.15, -0.1) is 0 Å². The van der Waals surface area contributed by atoms with Crippen LogP contribution in [0.15, 0.2) is 30.5 Å². The highest BCUT2D eigenvalue weighted by Crippen LogP contribution is 2.19. The average Bonchev–Trinajstić information content (AvgIpc) is 3.27. The van der Waals surface area contributed by atoms with E-state index in [-0.39, 0.29) is 18.6 Å². The Balaban J connectivity index is 2.17. The van der Waals surface area contributed by atoms with E-state index in [9.17, 15) is 34.2 Å². The van der Waals surface area contributed by atoms with Crippen molar-refractivity contribution in [1.29, 1.82) is 0 Å². The fourth-order valence-corrected chi connectivity index (χ4v) is 4.15. The van der Waals surface area contributed by atoms with Gasteiger partial charge in [0.15, 0.2) is 0 Å². The second kappa shape index (κ2) is 14.5. The molecule has 14 heteroatoms. The van der Waals surface area contributed by atoms with Gasteiger partial charge in [-0.1, -0.05) is 18.2 Å². The molecule has 12 nitrogen and oxygen atoms in total. The smallest absolute Gasteiger partial charge is 0.326 e. The maximum absolute atomic E-state index is 13.1. The van der Waals surface area contributed by atoms with Gasteiger partial charge in [0.25, 0.3) is 0 Å². The number of carbonyl (C=O) groups excluding carboxylic acids is 3. The topological polar surface area (TPSA) is 204 Å². The van der Waals surface area contributed by atoms with Crippen LogP contribution < -0.4 is 21.7 Å². The molecule has 4 unspecified atom stereocenters. The molecule has 37 heavy (non-hydrogen) atoms. The van der Waals surface area contributed by atoms with Crippen LogP contribution in [0.25, 0.3) is 10.9 Å². The minimum Gasteiger partial charge on any atom is -0.481 e. The molecule has 1 aromatic carbocycles. The number of carboxylic acid groups (broad SMARTS) is 2. The van der Waals surface area contributed by atoms with Crippen molar-refractivity contribution in [3.8, 4) is 0 Å². The predicted molar refractivity (Wildman–Crippen MR) is 143 cm³/mol. The van der Waals surface area contributed by atoms with E-state index in [1.54, 1.807) is 12.5 Å². The van der Waals surface area contributed by atoms with Gasteiger partial charge in [0, 0.05) is 29.3 Å². The van der Waals surface area contributed by atoms with Gasteiger partial charge in [0.1, 0.15) is 18.1 Å². The summed E-state index contributed by atoms with van der Waals surface area (Å²) in [6, 6.07) is 2.31. The van der Waals surface area contributed by atoms with Crippen molar-refractivity contribution in [2.24, 2.45) is 5.73 Å². The molecule has 0 aliphatic rings. The Kier molecular flexibility index (Phi) is 11.8. The quantitative estimate of drug-likeness (QED) is 0.137. The second-order valence-corrected chi connectivity index (χ2v) is 9.60. The number of thioether (sulfide) groups is 1. The fourth-order valence-electron chi connectivity index (χ4n) is 3.52. The van der Waals surface area contributed by atoms with Crippen LogP contribution in [0.4, 0.5) is 0 Å². The number of aromatic nitrogens is 1. The number of carbonyl (C=O) groups is 5. The first-order valence-corrected chi connectivity index (χ1v) is 13.4. The summed E-state index contributed by atoms with van der Waals surface area (Å²) in [4.78, 5) is 64.3. The molecule has 2 aromatic rings. The number of rotatable bonds is 15. The van der Waals surface area contributed by atoms with Crippen molar-refractivity contribution in [2.45, 2.75) is 43.4 Å². The summed E-state index contributed by atoms with van der Waals surface area (Å²) in [5.74, 6) is -4.63. The van der Waals surface area contributed by atoms with Crippen LogP contribution in [0.5, 0.6) is 0 Å². The number of nitrogens with two attached hydrogens (primary N) is 1. The number of benzene rings is 1. The highest BCUT2D eigenvalue weighted by atomic mass is 32.2. The van der Waals surface area contributed by atoms with Crippen LogP contribution >= 0.6 is 24.4 Å². The molecule has 1 heterocycles. The maximum Gasteiger partial charge on any atom is 0.326 e. The summed E-state index contributed by atoms with van der Waals surface area (Å²) in [6.45, 7) is 0. The van der Waals surface area contributed by atoms with Crippen molar-refractivity contribution in [2.75, 3.05) is 17.8 Å². The Hall–Kier alpha value is -3.23. The molecule has 1 aromatic heterocycles. The van der Waals surface area contributed by atoms with Gasteiger partial charge in [0.2, 0.25) is 17.7 Å². The van der Waals surface area contributed by atoms with Gasteiger partial charge >= 0.3 is 11.9 Å². The lowest BCUT2D eigenvalue weighted by molar-refractivity contribution is -0.143. The molecule has 0 bridgehead atoms. The lowest BCUT2D eigenvalue weighted by Gasteiger charge is -2.24. The zero-order chi connectivity index (χ0) is 27.5. The van der Waals surface area contributed by atoms with Gasteiger partial charge in [-0.3, -0.25) is 19.2 Å². The minimum atomic E-state index is -1.50. The first kappa shape index (κ1) is 30.0. The van der Waals surface area contributed by atoms with E-state index in [2.05, 4.69) is 33.6 Å². The summed E-state index contributed by atoms with van der Waals surface area (Å²) in [5.41, 5.74) is 7.11. The molecule has 0 saturated carbocycles.